The van der Waals surface area contributed by atoms with E-state index in [9.17, 15) is 9.36 Å². The van der Waals surface area contributed by atoms with Crippen molar-refractivity contribution in [2.24, 2.45) is 5.92 Å². The maximum Gasteiger partial charge on any atom is 0.474 e. The number of phosphoric acid groups is 1. The van der Waals surface area contributed by atoms with Gasteiger partial charge in [0.05, 0.1) is 45.3 Å². The molecule has 0 saturated carbocycles. The summed E-state index contributed by atoms with van der Waals surface area (Å²) >= 11 is 0. The topological polar surface area (TPSA) is 159 Å². The molecule has 1 atom stereocenters. The van der Waals surface area contributed by atoms with Gasteiger partial charge >= 0.3 is 13.8 Å². The highest BCUT2D eigenvalue weighted by Crippen LogP contribution is 2.52. The quantitative estimate of drug-likeness (QED) is 0.374. The number of nitrogen functional groups attached to an aromatic ring is 1. The third kappa shape index (κ3) is 6.14. The first-order valence-electron chi connectivity index (χ1n) is 10.3. The number of rotatable bonds is 11. The van der Waals surface area contributed by atoms with Gasteiger partial charge in [-0.15, -0.1) is 0 Å². The van der Waals surface area contributed by atoms with Crippen LogP contribution in [0.1, 0.15) is 27.2 Å². The molecule has 13 nitrogen and oxygen atoms in total. The van der Waals surface area contributed by atoms with Crippen LogP contribution in [0.5, 0.6) is 5.88 Å². The molecule has 1 fully saturated rings. The number of ether oxygens (including phenoxy) is 3. The minimum atomic E-state index is -3.70. The molecule has 0 aromatic carbocycles. The Balaban J connectivity index is 1.47. The Morgan fingerprint density at radius 2 is 2.06 bits per heavy atom. The van der Waals surface area contributed by atoms with Crippen LogP contribution in [-0.2, 0) is 39.1 Å². The smallest absolute Gasteiger partial charge is 0.474 e. The van der Waals surface area contributed by atoms with Crippen LogP contribution in [0.4, 0.5) is 5.95 Å². The van der Waals surface area contributed by atoms with Crippen molar-refractivity contribution < 1.29 is 37.1 Å². The van der Waals surface area contributed by atoms with Crippen molar-refractivity contribution in [2.75, 3.05) is 38.8 Å². The Hall–Kier alpha value is -2.31. The SMILES string of the molecule is CCOC(=O)[C@@H](C)CCOP1(=O)OCC(OCn2cnc3c(OCC)nc(N)nc32)CO1. The van der Waals surface area contributed by atoms with Crippen LogP contribution in [0, 0.1) is 5.92 Å². The molecule has 32 heavy (non-hydrogen) atoms. The molecular formula is C18H28N5O8P. The Morgan fingerprint density at radius 1 is 1.31 bits per heavy atom. The number of fused-ring (bicyclic) bond motifs is 1. The molecule has 2 aromatic rings. The number of nitrogens with two attached hydrogens (primary N) is 1. The van der Waals surface area contributed by atoms with E-state index in [1.54, 1.807) is 18.4 Å². The third-order valence-corrected chi connectivity index (χ3v) is 5.94. The van der Waals surface area contributed by atoms with Crippen LogP contribution < -0.4 is 10.5 Å². The van der Waals surface area contributed by atoms with Crippen molar-refractivity contribution in [1.29, 1.82) is 0 Å². The second-order valence-corrected chi connectivity index (χ2v) is 8.61. The average Bonchev–Trinajstić information content (AvgIpc) is 3.16. The first-order valence-corrected chi connectivity index (χ1v) is 11.7. The fraction of sp³-hybridized carbons (Fsp3) is 0.667. The highest BCUT2D eigenvalue weighted by Gasteiger charge is 2.35. The molecular weight excluding hydrogens is 445 g/mol. The molecule has 0 spiro atoms. The van der Waals surface area contributed by atoms with E-state index in [1.165, 1.54) is 6.33 Å². The number of imidazole rings is 1. The van der Waals surface area contributed by atoms with E-state index >= 15 is 0 Å². The third-order valence-electron chi connectivity index (χ3n) is 4.51. The normalized spacial score (nSPS) is 22.0. The number of hydrogen-bond donors (Lipinski definition) is 1. The summed E-state index contributed by atoms with van der Waals surface area (Å²) in [5.41, 5.74) is 6.68. The molecule has 178 valence electrons. The monoisotopic (exact) mass is 473 g/mol. The summed E-state index contributed by atoms with van der Waals surface area (Å²) < 4.78 is 46.1. The zero-order valence-electron chi connectivity index (χ0n) is 18.3. The van der Waals surface area contributed by atoms with E-state index in [0.29, 0.717) is 36.7 Å². The van der Waals surface area contributed by atoms with E-state index in [4.69, 9.17) is 33.5 Å². The molecule has 0 unspecified atom stereocenters. The van der Waals surface area contributed by atoms with Crippen LogP contribution in [-0.4, -0.2) is 64.6 Å². The summed E-state index contributed by atoms with van der Waals surface area (Å²) in [4.78, 5) is 24.1. The minimum absolute atomic E-state index is 0.0126. The first-order chi connectivity index (χ1) is 15.3. The number of carbonyl (C=O) groups is 1. The summed E-state index contributed by atoms with van der Waals surface area (Å²) in [5.74, 6) is -0.356. The van der Waals surface area contributed by atoms with E-state index < -0.39 is 13.9 Å². The van der Waals surface area contributed by atoms with Gasteiger partial charge in [-0.2, -0.15) is 9.97 Å². The first kappa shape index (κ1) is 24.3. The van der Waals surface area contributed by atoms with Gasteiger partial charge in [-0.1, -0.05) is 6.92 Å². The molecule has 0 amide bonds. The lowest BCUT2D eigenvalue weighted by atomic mass is 10.1. The highest BCUT2D eigenvalue weighted by molar-refractivity contribution is 7.48. The predicted octanol–water partition coefficient (Wildman–Crippen LogP) is 1.91. The van der Waals surface area contributed by atoms with Crippen LogP contribution in [0.2, 0.25) is 0 Å². The van der Waals surface area contributed by atoms with E-state index in [0.717, 1.165) is 0 Å². The van der Waals surface area contributed by atoms with Gasteiger partial charge in [0.15, 0.2) is 11.2 Å². The number of aromatic nitrogens is 4. The molecule has 3 heterocycles. The highest BCUT2D eigenvalue weighted by atomic mass is 31.2. The number of phosphoric ester groups is 1. The standard InChI is InChI=1S/C18H28N5O8P/c1-4-26-16-14-15(21-18(19)22-16)23(10-20-14)11-28-13-8-30-32(25,31-9-13)29-7-6-12(3)17(24)27-5-2/h10,12-13H,4-9,11H2,1-3H3,(H2,19,21,22)/t12-,13?,32?/m0/s1. The summed E-state index contributed by atoms with van der Waals surface area (Å²) in [7, 11) is -3.70. The van der Waals surface area contributed by atoms with E-state index in [-0.39, 0.29) is 44.4 Å². The number of carbonyl (C=O) groups excluding carboxylic acids is 1. The molecule has 1 aliphatic heterocycles. The average molecular weight is 473 g/mol. The number of anilines is 1. The second-order valence-electron chi connectivity index (χ2n) is 6.94. The number of nitrogens with zero attached hydrogens (tertiary/aromatic N) is 4. The van der Waals surface area contributed by atoms with Gasteiger partial charge in [-0.05, 0) is 20.3 Å². The fourth-order valence-electron chi connectivity index (χ4n) is 2.80. The Labute approximate surface area is 185 Å². The van der Waals surface area contributed by atoms with Gasteiger partial charge < -0.3 is 19.9 Å². The van der Waals surface area contributed by atoms with Gasteiger partial charge in [0.1, 0.15) is 12.8 Å². The Bertz CT molecular complexity index is 958. The molecule has 1 saturated heterocycles. The minimum Gasteiger partial charge on any atom is -0.476 e. The van der Waals surface area contributed by atoms with Gasteiger partial charge in [0, 0.05) is 0 Å². The molecule has 2 aromatic heterocycles. The van der Waals surface area contributed by atoms with E-state index in [1.807, 2.05) is 6.92 Å². The second kappa shape index (κ2) is 11.0. The molecule has 14 heteroatoms. The maximum atomic E-state index is 12.5. The lowest BCUT2D eigenvalue weighted by molar-refractivity contribution is -0.147. The van der Waals surface area contributed by atoms with Crippen molar-refractivity contribution in [3.63, 3.8) is 0 Å². The summed E-state index contributed by atoms with van der Waals surface area (Å²) in [6.07, 6.45) is 1.38. The molecule has 3 rings (SSSR count). The van der Waals surface area contributed by atoms with Gasteiger partial charge in [0.25, 0.3) is 0 Å². The fourth-order valence-corrected chi connectivity index (χ4v) is 4.05. The molecule has 1 aliphatic rings. The van der Waals surface area contributed by atoms with Gasteiger partial charge in [0.2, 0.25) is 11.8 Å². The number of esters is 1. The molecule has 0 aliphatic carbocycles. The molecule has 0 radical (unpaired) electrons. The van der Waals surface area contributed by atoms with E-state index in [2.05, 4.69) is 15.0 Å². The largest absolute Gasteiger partial charge is 0.476 e. The van der Waals surface area contributed by atoms with Gasteiger partial charge in [-0.25, -0.2) is 9.55 Å². The Morgan fingerprint density at radius 3 is 2.75 bits per heavy atom. The van der Waals surface area contributed by atoms with Crippen molar-refractivity contribution in [3.05, 3.63) is 6.33 Å². The Kier molecular flexibility index (Phi) is 8.38. The lowest BCUT2D eigenvalue weighted by Gasteiger charge is -2.28. The van der Waals surface area contributed by atoms with Crippen LogP contribution >= 0.6 is 7.82 Å². The van der Waals surface area contributed by atoms with Crippen LogP contribution in [0.3, 0.4) is 0 Å². The molecule has 0 bridgehead atoms. The zero-order chi connectivity index (χ0) is 23.1. The van der Waals surface area contributed by atoms with Crippen molar-refractivity contribution in [3.8, 4) is 5.88 Å². The van der Waals surface area contributed by atoms with Gasteiger partial charge in [-0.3, -0.25) is 22.9 Å². The van der Waals surface area contributed by atoms with Crippen molar-refractivity contribution in [1.82, 2.24) is 19.5 Å². The predicted molar refractivity (Wildman–Crippen MR) is 112 cm³/mol. The summed E-state index contributed by atoms with van der Waals surface area (Å²) in [5, 5.41) is 0. The zero-order valence-corrected chi connectivity index (χ0v) is 19.2. The lowest BCUT2D eigenvalue weighted by Crippen LogP contribution is -2.30. The summed E-state index contributed by atoms with van der Waals surface area (Å²) in [6.45, 7) is 6.13. The molecule has 2 N–H and O–H groups in total. The van der Waals surface area contributed by atoms with Crippen molar-refractivity contribution >= 4 is 30.9 Å². The number of hydrogen-bond acceptors (Lipinski definition) is 12. The van der Waals surface area contributed by atoms with Crippen LogP contribution in [0.15, 0.2) is 6.33 Å². The maximum absolute atomic E-state index is 12.5. The van der Waals surface area contributed by atoms with Crippen LogP contribution in [0.25, 0.3) is 11.2 Å². The van der Waals surface area contributed by atoms with Crippen molar-refractivity contribution in [2.45, 2.75) is 40.0 Å². The summed E-state index contributed by atoms with van der Waals surface area (Å²) in [6, 6.07) is 0.